The molecule has 0 aromatic carbocycles. The molecule has 1 aromatic heterocycles. The first-order chi connectivity index (χ1) is 7.68. The second kappa shape index (κ2) is 4.51. The molecule has 1 saturated heterocycles. The molecule has 1 unspecified atom stereocenters. The van der Waals surface area contributed by atoms with Gasteiger partial charge in [-0.15, -0.1) is 0 Å². The van der Waals surface area contributed by atoms with E-state index in [1.54, 1.807) is 12.3 Å². The number of amidine groups is 1. The van der Waals surface area contributed by atoms with Gasteiger partial charge in [0.15, 0.2) is 0 Å². The summed E-state index contributed by atoms with van der Waals surface area (Å²) >= 11 is 0. The number of nitrogens with zero attached hydrogens (tertiary/aromatic N) is 2. The summed E-state index contributed by atoms with van der Waals surface area (Å²) < 4.78 is 0. The van der Waals surface area contributed by atoms with Crippen molar-refractivity contribution < 1.29 is 0 Å². The molecule has 0 bridgehead atoms. The Bertz CT molecular complexity index is 388. The van der Waals surface area contributed by atoms with Gasteiger partial charge in [0, 0.05) is 24.3 Å². The van der Waals surface area contributed by atoms with Crippen LogP contribution in [0.5, 0.6) is 0 Å². The van der Waals surface area contributed by atoms with Crippen molar-refractivity contribution in [2.75, 3.05) is 11.4 Å². The third kappa shape index (κ3) is 2.15. The summed E-state index contributed by atoms with van der Waals surface area (Å²) in [5.74, 6) is 1.05. The minimum Gasteiger partial charge on any atom is -0.384 e. The number of anilines is 1. The Kier molecular flexibility index (Phi) is 3.08. The average Bonchev–Trinajstić information content (AvgIpc) is 2.30. The first-order valence-electron chi connectivity index (χ1n) is 5.75. The molecule has 0 radical (unpaired) electrons. The second-order valence-electron chi connectivity index (χ2n) is 4.35. The molecule has 1 aromatic rings. The van der Waals surface area contributed by atoms with Crippen molar-refractivity contribution in [1.29, 1.82) is 5.41 Å². The van der Waals surface area contributed by atoms with Gasteiger partial charge in [-0.05, 0) is 38.3 Å². The lowest BCUT2D eigenvalue weighted by atomic mass is 10.0. The number of pyridine rings is 1. The highest BCUT2D eigenvalue weighted by molar-refractivity contribution is 5.95. The highest BCUT2D eigenvalue weighted by Gasteiger charge is 2.19. The number of rotatable bonds is 2. The van der Waals surface area contributed by atoms with Gasteiger partial charge < -0.3 is 10.6 Å². The molecule has 1 atom stereocenters. The van der Waals surface area contributed by atoms with Crippen LogP contribution in [0.15, 0.2) is 18.3 Å². The second-order valence-corrected chi connectivity index (χ2v) is 4.35. The molecule has 1 aliphatic rings. The Labute approximate surface area is 96.0 Å². The predicted molar refractivity (Wildman–Crippen MR) is 65.9 cm³/mol. The van der Waals surface area contributed by atoms with Gasteiger partial charge in [-0.25, -0.2) is 4.98 Å². The Hall–Kier alpha value is -1.58. The van der Waals surface area contributed by atoms with Gasteiger partial charge in [-0.2, -0.15) is 0 Å². The molecule has 1 fully saturated rings. The topological polar surface area (TPSA) is 66.0 Å². The Balaban J connectivity index is 2.25. The molecule has 0 saturated carbocycles. The van der Waals surface area contributed by atoms with E-state index in [-0.39, 0.29) is 5.84 Å². The van der Waals surface area contributed by atoms with Crippen LogP contribution in [0.4, 0.5) is 5.82 Å². The fourth-order valence-electron chi connectivity index (χ4n) is 2.18. The smallest absolute Gasteiger partial charge is 0.129 e. The minimum atomic E-state index is 0.105. The van der Waals surface area contributed by atoms with Crippen LogP contribution in [0.1, 0.15) is 31.7 Å². The monoisotopic (exact) mass is 218 g/mol. The molecular weight excluding hydrogens is 200 g/mol. The molecule has 4 heteroatoms. The fraction of sp³-hybridized carbons (Fsp3) is 0.500. The number of aromatic nitrogens is 1. The lowest BCUT2D eigenvalue weighted by molar-refractivity contribution is 0.481. The number of nitrogen functional groups attached to an aromatic ring is 1. The van der Waals surface area contributed by atoms with Crippen LogP contribution in [0.2, 0.25) is 0 Å². The maximum atomic E-state index is 7.43. The summed E-state index contributed by atoms with van der Waals surface area (Å²) in [5.41, 5.74) is 6.24. The van der Waals surface area contributed by atoms with Crippen molar-refractivity contribution in [3.63, 3.8) is 0 Å². The molecule has 0 aliphatic carbocycles. The Morgan fingerprint density at radius 1 is 1.56 bits per heavy atom. The first kappa shape index (κ1) is 10.9. The molecule has 0 spiro atoms. The van der Waals surface area contributed by atoms with Crippen molar-refractivity contribution in [3.8, 4) is 0 Å². The summed E-state index contributed by atoms with van der Waals surface area (Å²) in [4.78, 5) is 6.67. The van der Waals surface area contributed by atoms with Gasteiger partial charge in [0.25, 0.3) is 0 Å². The lowest BCUT2D eigenvalue weighted by Gasteiger charge is -2.34. The molecule has 2 rings (SSSR count). The number of hydrogen-bond donors (Lipinski definition) is 2. The van der Waals surface area contributed by atoms with Crippen LogP contribution in [0.25, 0.3) is 0 Å². The quantitative estimate of drug-likeness (QED) is 0.587. The zero-order chi connectivity index (χ0) is 11.5. The molecule has 16 heavy (non-hydrogen) atoms. The van der Waals surface area contributed by atoms with Crippen LogP contribution in [0.3, 0.4) is 0 Å². The van der Waals surface area contributed by atoms with E-state index >= 15 is 0 Å². The summed E-state index contributed by atoms with van der Waals surface area (Å²) in [5, 5.41) is 7.43. The number of nitrogens with two attached hydrogens (primary N) is 1. The van der Waals surface area contributed by atoms with E-state index in [2.05, 4.69) is 16.8 Å². The molecule has 3 N–H and O–H groups in total. The normalized spacial score (nSPS) is 20.8. The van der Waals surface area contributed by atoms with Gasteiger partial charge in [-0.3, -0.25) is 5.41 Å². The molecule has 0 amide bonds. The third-order valence-corrected chi connectivity index (χ3v) is 3.15. The van der Waals surface area contributed by atoms with Gasteiger partial charge in [-0.1, -0.05) is 0 Å². The summed E-state index contributed by atoms with van der Waals surface area (Å²) in [6, 6.07) is 4.22. The maximum absolute atomic E-state index is 7.43. The fourth-order valence-corrected chi connectivity index (χ4v) is 2.18. The zero-order valence-electron chi connectivity index (χ0n) is 9.61. The molecule has 2 heterocycles. The number of piperidine rings is 1. The van der Waals surface area contributed by atoms with Crippen molar-refractivity contribution in [3.05, 3.63) is 23.9 Å². The number of hydrogen-bond acceptors (Lipinski definition) is 3. The zero-order valence-corrected chi connectivity index (χ0v) is 9.61. The van der Waals surface area contributed by atoms with Crippen LogP contribution >= 0.6 is 0 Å². The SMILES string of the molecule is CC1CCCCN1c1cc(C(=N)N)ccn1. The van der Waals surface area contributed by atoms with Crippen molar-refractivity contribution >= 4 is 11.7 Å². The van der Waals surface area contributed by atoms with Gasteiger partial charge >= 0.3 is 0 Å². The van der Waals surface area contributed by atoms with Gasteiger partial charge in [0.2, 0.25) is 0 Å². The largest absolute Gasteiger partial charge is 0.384 e. The average molecular weight is 218 g/mol. The number of nitrogens with one attached hydrogen (secondary N) is 1. The van der Waals surface area contributed by atoms with Crippen LogP contribution in [0, 0.1) is 5.41 Å². The third-order valence-electron chi connectivity index (χ3n) is 3.15. The maximum Gasteiger partial charge on any atom is 0.129 e. The van der Waals surface area contributed by atoms with Crippen molar-refractivity contribution in [1.82, 2.24) is 4.98 Å². The van der Waals surface area contributed by atoms with Crippen molar-refractivity contribution in [2.24, 2.45) is 5.73 Å². The molecular formula is C12H18N4. The van der Waals surface area contributed by atoms with Crippen LogP contribution in [-0.2, 0) is 0 Å². The molecule has 1 aliphatic heterocycles. The van der Waals surface area contributed by atoms with E-state index < -0.39 is 0 Å². The lowest BCUT2D eigenvalue weighted by Crippen LogP contribution is -2.38. The van der Waals surface area contributed by atoms with Gasteiger partial charge in [0.05, 0.1) is 0 Å². The van der Waals surface area contributed by atoms with E-state index in [1.165, 1.54) is 19.3 Å². The molecule has 86 valence electrons. The van der Waals surface area contributed by atoms with Gasteiger partial charge in [0.1, 0.15) is 11.7 Å². The van der Waals surface area contributed by atoms with Crippen LogP contribution < -0.4 is 10.6 Å². The van der Waals surface area contributed by atoms with E-state index in [4.69, 9.17) is 11.1 Å². The Morgan fingerprint density at radius 2 is 2.38 bits per heavy atom. The Morgan fingerprint density at radius 3 is 3.06 bits per heavy atom. The standard InChI is InChI=1S/C12H18N4/c1-9-4-2-3-7-16(9)11-8-10(12(13)14)5-6-15-11/h5-6,8-9H,2-4,7H2,1H3,(H3,13,14). The minimum absolute atomic E-state index is 0.105. The summed E-state index contributed by atoms with van der Waals surface area (Å²) in [6.45, 7) is 3.27. The summed E-state index contributed by atoms with van der Waals surface area (Å²) in [6.07, 6.45) is 5.46. The van der Waals surface area contributed by atoms with E-state index in [1.807, 2.05) is 6.07 Å². The van der Waals surface area contributed by atoms with E-state index in [0.29, 0.717) is 6.04 Å². The highest BCUT2D eigenvalue weighted by Crippen LogP contribution is 2.23. The highest BCUT2D eigenvalue weighted by atomic mass is 15.2. The van der Waals surface area contributed by atoms with Crippen LogP contribution in [-0.4, -0.2) is 23.4 Å². The first-order valence-corrected chi connectivity index (χ1v) is 5.75. The summed E-state index contributed by atoms with van der Waals surface area (Å²) in [7, 11) is 0. The molecule has 4 nitrogen and oxygen atoms in total. The van der Waals surface area contributed by atoms with Crippen molar-refractivity contribution in [2.45, 2.75) is 32.2 Å². The van der Waals surface area contributed by atoms with E-state index in [0.717, 1.165) is 17.9 Å². The van der Waals surface area contributed by atoms with E-state index in [9.17, 15) is 0 Å². The predicted octanol–water partition coefficient (Wildman–Crippen LogP) is 1.74.